The van der Waals surface area contributed by atoms with Gasteiger partial charge in [-0.2, -0.15) is 5.10 Å². The summed E-state index contributed by atoms with van der Waals surface area (Å²) in [6.45, 7) is 3.66. The van der Waals surface area contributed by atoms with E-state index in [0.717, 1.165) is 12.1 Å². The van der Waals surface area contributed by atoms with Gasteiger partial charge in [-0.05, 0) is 25.6 Å². The molecule has 0 aliphatic rings. The zero-order valence-corrected chi connectivity index (χ0v) is 10.9. The second-order valence-corrected chi connectivity index (χ2v) is 4.26. The fraction of sp³-hybridized carbons (Fsp3) is 0.545. The summed E-state index contributed by atoms with van der Waals surface area (Å²) in [5.41, 5.74) is 0.792. The van der Waals surface area contributed by atoms with Gasteiger partial charge < -0.3 is 5.32 Å². The molecule has 0 aromatic carbocycles. The number of carbonyl (C=O) groups is 1. The maximum absolute atomic E-state index is 11.4. The van der Waals surface area contributed by atoms with Gasteiger partial charge in [0.1, 0.15) is 0 Å². The van der Waals surface area contributed by atoms with Crippen molar-refractivity contribution in [2.24, 2.45) is 0 Å². The number of aromatic nitrogens is 2. The van der Waals surface area contributed by atoms with Crippen molar-refractivity contribution < 1.29 is 4.79 Å². The molecule has 1 amide bonds. The Morgan fingerprint density at radius 3 is 2.82 bits per heavy atom. The Bertz CT molecular complexity index is 355. The lowest BCUT2D eigenvalue weighted by Gasteiger charge is -2.15. The fourth-order valence-electron chi connectivity index (χ4n) is 1.33. The molecule has 0 aliphatic heterocycles. The lowest BCUT2D eigenvalue weighted by atomic mass is 10.3. The van der Waals surface area contributed by atoms with Gasteiger partial charge in [-0.25, -0.2) is 0 Å². The van der Waals surface area contributed by atoms with Crippen LogP contribution >= 0.6 is 11.6 Å². The third kappa shape index (κ3) is 5.60. The van der Waals surface area contributed by atoms with E-state index in [1.54, 1.807) is 12.1 Å². The molecule has 1 heterocycles. The molecule has 94 valence electrons. The summed E-state index contributed by atoms with van der Waals surface area (Å²) in [4.78, 5) is 13.3. The minimum atomic E-state index is 0.0243. The van der Waals surface area contributed by atoms with Crippen LogP contribution in [0.3, 0.4) is 0 Å². The highest BCUT2D eigenvalue weighted by Gasteiger charge is 2.07. The van der Waals surface area contributed by atoms with Crippen LogP contribution in [0.5, 0.6) is 0 Å². The average Bonchev–Trinajstić information content (AvgIpc) is 2.29. The highest BCUT2D eigenvalue weighted by molar-refractivity contribution is 6.29. The number of carbonyl (C=O) groups excluding carboxylic acids is 1. The maximum atomic E-state index is 11.4. The molecular weight excluding hydrogens is 240 g/mol. The van der Waals surface area contributed by atoms with E-state index < -0.39 is 0 Å². The first-order valence-electron chi connectivity index (χ1n) is 5.55. The Morgan fingerprint density at radius 2 is 2.24 bits per heavy atom. The van der Waals surface area contributed by atoms with E-state index in [9.17, 15) is 4.79 Å². The molecule has 5 nitrogen and oxygen atoms in total. The van der Waals surface area contributed by atoms with Gasteiger partial charge in [0, 0.05) is 13.1 Å². The van der Waals surface area contributed by atoms with Gasteiger partial charge in [-0.15, -0.1) is 5.10 Å². The van der Waals surface area contributed by atoms with Crippen molar-refractivity contribution in [2.75, 3.05) is 20.1 Å². The van der Waals surface area contributed by atoms with Gasteiger partial charge in [0.25, 0.3) is 0 Å². The normalized spacial score (nSPS) is 10.6. The van der Waals surface area contributed by atoms with E-state index >= 15 is 0 Å². The minimum Gasteiger partial charge on any atom is -0.355 e. The van der Waals surface area contributed by atoms with Crippen LogP contribution in [0, 0.1) is 0 Å². The molecule has 0 bridgehead atoms. The highest BCUT2D eigenvalue weighted by Crippen LogP contribution is 2.03. The second kappa shape index (κ2) is 7.19. The van der Waals surface area contributed by atoms with Crippen LogP contribution in [-0.4, -0.2) is 41.1 Å². The number of hydrogen-bond acceptors (Lipinski definition) is 4. The summed E-state index contributed by atoms with van der Waals surface area (Å²) in [5, 5.41) is 10.9. The van der Waals surface area contributed by atoms with Crippen LogP contribution in [0.2, 0.25) is 5.15 Å². The minimum absolute atomic E-state index is 0.0243. The maximum Gasteiger partial charge on any atom is 0.234 e. The summed E-state index contributed by atoms with van der Waals surface area (Å²) < 4.78 is 0. The SMILES string of the molecule is CCCNC(=O)CN(C)Cc1ccc(Cl)nn1. The number of nitrogens with one attached hydrogen (secondary N) is 1. The molecule has 0 aliphatic carbocycles. The first kappa shape index (κ1) is 13.9. The summed E-state index contributed by atoms with van der Waals surface area (Å²) >= 11 is 5.64. The molecular formula is C11H17ClN4O. The van der Waals surface area contributed by atoms with Crippen molar-refractivity contribution in [1.82, 2.24) is 20.4 Å². The van der Waals surface area contributed by atoms with Gasteiger partial charge >= 0.3 is 0 Å². The van der Waals surface area contributed by atoms with Crippen molar-refractivity contribution in [2.45, 2.75) is 19.9 Å². The summed E-state index contributed by atoms with van der Waals surface area (Å²) in [5.74, 6) is 0.0243. The zero-order valence-electron chi connectivity index (χ0n) is 10.1. The number of nitrogens with zero attached hydrogens (tertiary/aromatic N) is 3. The number of halogens is 1. The first-order chi connectivity index (χ1) is 8.11. The van der Waals surface area contributed by atoms with Gasteiger partial charge in [-0.3, -0.25) is 9.69 Å². The summed E-state index contributed by atoms with van der Waals surface area (Å²) in [6.07, 6.45) is 0.943. The van der Waals surface area contributed by atoms with Crippen LogP contribution < -0.4 is 5.32 Å². The third-order valence-electron chi connectivity index (χ3n) is 2.10. The van der Waals surface area contributed by atoms with Gasteiger partial charge in [0.2, 0.25) is 5.91 Å². The van der Waals surface area contributed by atoms with Crippen LogP contribution in [0.25, 0.3) is 0 Å². The number of rotatable bonds is 6. The Morgan fingerprint density at radius 1 is 1.47 bits per heavy atom. The van der Waals surface area contributed by atoms with Crippen LogP contribution in [0.1, 0.15) is 19.0 Å². The summed E-state index contributed by atoms with van der Waals surface area (Å²) in [7, 11) is 1.86. The zero-order chi connectivity index (χ0) is 12.7. The predicted molar refractivity (Wildman–Crippen MR) is 66.7 cm³/mol. The monoisotopic (exact) mass is 256 g/mol. The van der Waals surface area contributed by atoms with Gasteiger partial charge in [0.15, 0.2) is 5.15 Å². The van der Waals surface area contributed by atoms with Gasteiger partial charge in [0.05, 0.1) is 12.2 Å². The molecule has 0 spiro atoms. The largest absolute Gasteiger partial charge is 0.355 e. The molecule has 0 fully saturated rings. The van der Waals surface area contributed by atoms with Crippen LogP contribution in [0.4, 0.5) is 0 Å². The second-order valence-electron chi connectivity index (χ2n) is 3.87. The standard InChI is InChI=1S/C11H17ClN4O/c1-3-6-13-11(17)8-16(2)7-9-4-5-10(12)15-14-9/h4-5H,3,6-8H2,1-2H3,(H,13,17). The number of likely N-dealkylation sites (N-methyl/N-ethyl adjacent to an activating group) is 1. The molecule has 1 aromatic heterocycles. The first-order valence-corrected chi connectivity index (χ1v) is 5.93. The Hall–Kier alpha value is -1.20. The number of amides is 1. The van der Waals surface area contributed by atoms with Crippen molar-refractivity contribution in [1.29, 1.82) is 0 Å². The van der Waals surface area contributed by atoms with E-state index in [2.05, 4.69) is 15.5 Å². The average molecular weight is 257 g/mol. The molecule has 0 radical (unpaired) electrons. The fourth-order valence-corrected chi connectivity index (χ4v) is 1.43. The Kier molecular flexibility index (Phi) is 5.86. The topological polar surface area (TPSA) is 58.1 Å². The van der Waals surface area contributed by atoms with Crippen molar-refractivity contribution in [3.8, 4) is 0 Å². The molecule has 17 heavy (non-hydrogen) atoms. The molecule has 0 saturated heterocycles. The molecule has 6 heteroatoms. The molecule has 0 atom stereocenters. The van der Waals surface area contributed by atoms with Crippen molar-refractivity contribution >= 4 is 17.5 Å². The lowest BCUT2D eigenvalue weighted by Crippen LogP contribution is -2.35. The quantitative estimate of drug-likeness (QED) is 0.828. The number of hydrogen-bond donors (Lipinski definition) is 1. The molecule has 1 rings (SSSR count). The smallest absolute Gasteiger partial charge is 0.234 e. The van der Waals surface area contributed by atoms with Gasteiger partial charge in [-0.1, -0.05) is 18.5 Å². The molecule has 0 unspecified atom stereocenters. The highest BCUT2D eigenvalue weighted by atomic mass is 35.5. The van der Waals surface area contributed by atoms with E-state index in [4.69, 9.17) is 11.6 Å². The molecule has 1 N–H and O–H groups in total. The Labute approximate surface area is 106 Å². The lowest BCUT2D eigenvalue weighted by molar-refractivity contribution is -0.122. The van der Waals surface area contributed by atoms with Crippen LogP contribution in [0.15, 0.2) is 12.1 Å². The van der Waals surface area contributed by atoms with E-state index in [1.165, 1.54) is 0 Å². The van der Waals surface area contributed by atoms with Crippen LogP contribution in [-0.2, 0) is 11.3 Å². The van der Waals surface area contributed by atoms with E-state index in [0.29, 0.717) is 24.8 Å². The molecule has 0 saturated carbocycles. The van der Waals surface area contributed by atoms with Crippen molar-refractivity contribution in [3.05, 3.63) is 23.0 Å². The Balaban J connectivity index is 2.36. The van der Waals surface area contributed by atoms with E-state index in [-0.39, 0.29) is 5.91 Å². The van der Waals surface area contributed by atoms with E-state index in [1.807, 2.05) is 18.9 Å². The molecule has 1 aromatic rings. The summed E-state index contributed by atoms with van der Waals surface area (Å²) in [6, 6.07) is 3.49. The predicted octanol–water partition coefficient (Wildman–Crippen LogP) is 1.09. The van der Waals surface area contributed by atoms with Crippen molar-refractivity contribution in [3.63, 3.8) is 0 Å². The third-order valence-corrected chi connectivity index (χ3v) is 2.31.